The van der Waals surface area contributed by atoms with Crippen LogP contribution in [-0.2, 0) is 0 Å². The average Bonchev–Trinajstić information content (AvgIpc) is 2.26. The van der Waals surface area contributed by atoms with Crippen LogP contribution in [0.15, 0.2) is 12.1 Å². The number of halogens is 1. The lowest BCUT2D eigenvalue weighted by molar-refractivity contribution is 0.0998. The van der Waals surface area contributed by atoms with Gasteiger partial charge in [-0.3, -0.25) is 4.79 Å². The Morgan fingerprint density at radius 3 is 2.56 bits per heavy atom. The van der Waals surface area contributed by atoms with E-state index in [2.05, 4.69) is 0 Å². The van der Waals surface area contributed by atoms with Gasteiger partial charge in [0.1, 0.15) is 5.75 Å². The first-order valence-corrected chi connectivity index (χ1v) is 5.49. The number of carbonyl (C=O) groups is 1. The summed E-state index contributed by atoms with van der Waals surface area (Å²) < 4.78 is 5.28. The first kappa shape index (κ1) is 13.0. The number of ether oxygens (including phenoxy) is 1. The second-order valence-electron chi connectivity index (χ2n) is 3.86. The van der Waals surface area contributed by atoms with Gasteiger partial charge in [0.2, 0.25) is 0 Å². The summed E-state index contributed by atoms with van der Waals surface area (Å²) in [5.41, 5.74) is 6.74. The van der Waals surface area contributed by atoms with Crippen molar-refractivity contribution in [1.29, 1.82) is 0 Å². The molecule has 1 aromatic carbocycles. The molecule has 0 heterocycles. The maximum atomic E-state index is 11.7. The monoisotopic (exact) mass is 241 g/mol. The highest BCUT2D eigenvalue weighted by Crippen LogP contribution is 2.33. The Bertz CT molecular complexity index is 402. The highest BCUT2D eigenvalue weighted by molar-refractivity contribution is 6.31. The van der Waals surface area contributed by atoms with E-state index >= 15 is 0 Å². The molecule has 0 amide bonds. The topological polar surface area (TPSA) is 52.3 Å². The first-order chi connectivity index (χ1) is 7.51. The SMILES string of the molecule is COc1c(C(=O)CN)cc(Cl)cc1C(C)C. The van der Waals surface area contributed by atoms with Crippen molar-refractivity contribution in [3.8, 4) is 5.75 Å². The van der Waals surface area contributed by atoms with E-state index in [0.29, 0.717) is 16.3 Å². The van der Waals surface area contributed by atoms with Gasteiger partial charge in [0.05, 0.1) is 19.2 Å². The van der Waals surface area contributed by atoms with E-state index in [0.717, 1.165) is 5.56 Å². The largest absolute Gasteiger partial charge is 0.496 e. The van der Waals surface area contributed by atoms with Gasteiger partial charge in [-0.1, -0.05) is 25.4 Å². The Labute approximate surface area is 101 Å². The molecule has 3 nitrogen and oxygen atoms in total. The molecule has 1 rings (SSSR count). The number of carbonyl (C=O) groups excluding carboxylic acids is 1. The van der Waals surface area contributed by atoms with E-state index < -0.39 is 0 Å². The van der Waals surface area contributed by atoms with Gasteiger partial charge < -0.3 is 10.5 Å². The molecule has 0 saturated carbocycles. The Kier molecular flexibility index (Phi) is 4.33. The zero-order valence-corrected chi connectivity index (χ0v) is 10.5. The summed E-state index contributed by atoms with van der Waals surface area (Å²) in [5.74, 6) is 0.647. The molecular formula is C12H16ClNO2. The summed E-state index contributed by atoms with van der Waals surface area (Å²) in [6.07, 6.45) is 0. The standard InChI is InChI=1S/C12H16ClNO2/c1-7(2)9-4-8(13)5-10(11(15)6-14)12(9)16-3/h4-5,7H,6,14H2,1-3H3. The highest BCUT2D eigenvalue weighted by Gasteiger charge is 2.17. The summed E-state index contributed by atoms with van der Waals surface area (Å²) in [7, 11) is 1.54. The Morgan fingerprint density at radius 2 is 2.12 bits per heavy atom. The molecule has 1 aromatic rings. The Hall–Kier alpha value is -1.06. The molecule has 0 unspecified atom stereocenters. The summed E-state index contributed by atoms with van der Waals surface area (Å²) in [6.45, 7) is 3.99. The summed E-state index contributed by atoms with van der Waals surface area (Å²) in [4.78, 5) is 11.7. The number of rotatable bonds is 4. The van der Waals surface area contributed by atoms with Crippen molar-refractivity contribution in [2.24, 2.45) is 5.73 Å². The van der Waals surface area contributed by atoms with Crippen LogP contribution >= 0.6 is 11.6 Å². The van der Waals surface area contributed by atoms with Crippen molar-refractivity contribution in [3.63, 3.8) is 0 Å². The molecule has 2 N–H and O–H groups in total. The van der Waals surface area contributed by atoms with Crippen molar-refractivity contribution in [1.82, 2.24) is 0 Å². The van der Waals surface area contributed by atoms with E-state index in [9.17, 15) is 4.79 Å². The molecule has 16 heavy (non-hydrogen) atoms. The molecule has 4 heteroatoms. The van der Waals surface area contributed by atoms with E-state index in [1.807, 2.05) is 19.9 Å². The highest BCUT2D eigenvalue weighted by atomic mass is 35.5. The van der Waals surface area contributed by atoms with Gasteiger partial charge in [-0.25, -0.2) is 0 Å². The number of nitrogens with two attached hydrogens (primary N) is 1. The summed E-state index contributed by atoms with van der Waals surface area (Å²) >= 11 is 5.98. The minimum absolute atomic E-state index is 0.0474. The van der Waals surface area contributed by atoms with E-state index in [-0.39, 0.29) is 18.2 Å². The van der Waals surface area contributed by atoms with Crippen LogP contribution in [0.4, 0.5) is 0 Å². The van der Waals surface area contributed by atoms with Gasteiger partial charge >= 0.3 is 0 Å². The van der Waals surface area contributed by atoms with Crippen LogP contribution in [0, 0.1) is 0 Å². The first-order valence-electron chi connectivity index (χ1n) is 5.12. The quantitative estimate of drug-likeness (QED) is 0.825. The maximum Gasteiger partial charge on any atom is 0.180 e. The lowest BCUT2D eigenvalue weighted by atomic mass is 9.97. The molecule has 0 aliphatic rings. The van der Waals surface area contributed by atoms with E-state index in [4.69, 9.17) is 22.1 Å². The molecule has 0 atom stereocenters. The van der Waals surface area contributed by atoms with Gasteiger partial charge in [0, 0.05) is 5.02 Å². The summed E-state index contributed by atoms with van der Waals surface area (Å²) in [5, 5.41) is 0.529. The number of benzene rings is 1. The molecular weight excluding hydrogens is 226 g/mol. The average molecular weight is 242 g/mol. The normalized spacial score (nSPS) is 10.6. The van der Waals surface area contributed by atoms with Crippen molar-refractivity contribution in [3.05, 3.63) is 28.3 Å². The van der Waals surface area contributed by atoms with E-state index in [1.54, 1.807) is 13.2 Å². The lowest BCUT2D eigenvalue weighted by Crippen LogP contribution is -2.15. The molecule has 88 valence electrons. The third kappa shape index (κ3) is 2.54. The van der Waals surface area contributed by atoms with Crippen molar-refractivity contribution >= 4 is 17.4 Å². The van der Waals surface area contributed by atoms with Crippen molar-refractivity contribution in [2.75, 3.05) is 13.7 Å². The molecule has 0 fully saturated rings. The third-order valence-electron chi connectivity index (χ3n) is 2.39. The number of Topliss-reactive ketones (excluding diaryl/α,β-unsaturated/α-hetero) is 1. The van der Waals surface area contributed by atoms with Crippen LogP contribution < -0.4 is 10.5 Å². The van der Waals surface area contributed by atoms with Crippen molar-refractivity contribution < 1.29 is 9.53 Å². The molecule has 0 aromatic heterocycles. The fourth-order valence-electron chi connectivity index (χ4n) is 1.59. The predicted molar refractivity (Wildman–Crippen MR) is 65.5 cm³/mol. The molecule has 0 aliphatic carbocycles. The molecule has 0 radical (unpaired) electrons. The fraction of sp³-hybridized carbons (Fsp3) is 0.417. The summed E-state index contributed by atoms with van der Waals surface area (Å²) in [6, 6.07) is 3.42. The van der Waals surface area contributed by atoms with Crippen LogP contribution in [0.5, 0.6) is 5.75 Å². The van der Waals surface area contributed by atoms with Gasteiger partial charge in [0.25, 0.3) is 0 Å². The third-order valence-corrected chi connectivity index (χ3v) is 2.61. The van der Waals surface area contributed by atoms with Gasteiger partial charge in [0.15, 0.2) is 5.78 Å². The minimum atomic E-state index is -0.166. The molecule has 0 aliphatic heterocycles. The second kappa shape index (κ2) is 5.32. The molecule has 0 spiro atoms. The van der Waals surface area contributed by atoms with Crippen LogP contribution in [0.3, 0.4) is 0 Å². The minimum Gasteiger partial charge on any atom is -0.496 e. The molecule has 0 saturated heterocycles. The zero-order chi connectivity index (χ0) is 12.3. The molecule has 0 bridgehead atoms. The Balaban J connectivity index is 3.41. The lowest BCUT2D eigenvalue weighted by Gasteiger charge is -2.15. The number of hydrogen-bond acceptors (Lipinski definition) is 3. The number of hydrogen-bond donors (Lipinski definition) is 1. The maximum absolute atomic E-state index is 11.7. The zero-order valence-electron chi connectivity index (χ0n) is 9.71. The van der Waals surface area contributed by atoms with Crippen LogP contribution in [0.25, 0.3) is 0 Å². The van der Waals surface area contributed by atoms with E-state index in [1.165, 1.54) is 0 Å². The van der Waals surface area contributed by atoms with Gasteiger partial charge in [-0.2, -0.15) is 0 Å². The van der Waals surface area contributed by atoms with Crippen LogP contribution in [0.1, 0.15) is 35.7 Å². The van der Waals surface area contributed by atoms with Gasteiger partial charge in [-0.05, 0) is 23.6 Å². The van der Waals surface area contributed by atoms with Crippen molar-refractivity contribution in [2.45, 2.75) is 19.8 Å². The smallest absolute Gasteiger partial charge is 0.180 e. The number of ketones is 1. The second-order valence-corrected chi connectivity index (χ2v) is 4.29. The predicted octanol–water partition coefficient (Wildman–Crippen LogP) is 2.61. The fourth-order valence-corrected chi connectivity index (χ4v) is 1.82. The number of methoxy groups -OCH3 is 1. The van der Waals surface area contributed by atoms with Crippen LogP contribution in [0.2, 0.25) is 5.02 Å². The Morgan fingerprint density at radius 1 is 1.50 bits per heavy atom. The van der Waals surface area contributed by atoms with Gasteiger partial charge in [-0.15, -0.1) is 0 Å². The van der Waals surface area contributed by atoms with Crippen LogP contribution in [-0.4, -0.2) is 19.4 Å².